The van der Waals surface area contributed by atoms with Gasteiger partial charge in [-0.15, -0.1) is 21.5 Å². The Morgan fingerprint density at radius 3 is 2.65 bits per heavy atom. The molecular weight excluding hydrogens is 366 g/mol. The van der Waals surface area contributed by atoms with Crippen LogP contribution in [-0.2, 0) is 18.3 Å². The zero-order valence-electron chi connectivity index (χ0n) is 15.0. The molecule has 0 atom stereocenters. The van der Waals surface area contributed by atoms with Gasteiger partial charge < -0.3 is 14.8 Å². The summed E-state index contributed by atoms with van der Waals surface area (Å²) in [6, 6.07) is 11.9. The first kappa shape index (κ1) is 18.5. The van der Waals surface area contributed by atoms with E-state index in [1.165, 1.54) is 16.6 Å². The van der Waals surface area contributed by atoms with Crippen molar-refractivity contribution in [3.05, 3.63) is 52.5 Å². The van der Waals surface area contributed by atoms with Crippen LogP contribution in [0.2, 0.25) is 0 Å². The van der Waals surface area contributed by atoms with Crippen molar-refractivity contribution in [2.45, 2.75) is 11.6 Å². The lowest BCUT2D eigenvalue weighted by molar-refractivity contribution is -0.113. The van der Waals surface area contributed by atoms with Crippen LogP contribution in [0.25, 0.3) is 0 Å². The summed E-state index contributed by atoms with van der Waals surface area (Å²) in [4.78, 5) is 15.4. The van der Waals surface area contributed by atoms with Gasteiger partial charge in [0.2, 0.25) is 5.91 Å². The number of amides is 1. The zero-order valence-corrected chi connectivity index (χ0v) is 16.6. The smallest absolute Gasteiger partial charge is 0.234 e. The fourth-order valence-corrected chi connectivity index (χ4v) is 3.80. The van der Waals surface area contributed by atoms with Crippen LogP contribution in [0.3, 0.4) is 0 Å². The number of anilines is 2. The second-order valence-corrected chi connectivity index (χ2v) is 7.97. The van der Waals surface area contributed by atoms with Crippen molar-refractivity contribution in [2.75, 3.05) is 30.1 Å². The van der Waals surface area contributed by atoms with Crippen LogP contribution in [0.5, 0.6) is 0 Å². The van der Waals surface area contributed by atoms with Crippen molar-refractivity contribution in [1.29, 1.82) is 0 Å². The highest BCUT2D eigenvalue weighted by Crippen LogP contribution is 2.20. The van der Waals surface area contributed by atoms with Gasteiger partial charge in [0.25, 0.3) is 0 Å². The van der Waals surface area contributed by atoms with Crippen molar-refractivity contribution in [3.63, 3.8) is 0 Å². The Hall–Kier alpha value is -2.32. The van der Waals surface area contributed by atoms with E-state index in [-0.39, 0.29) is 5.91 Å². The van der Waals surface area contributed by atoms with E-state index >= 15 is 0 Å². The largest absolute Gasteiger partial charge is 0.378 e. The summed E-state index contributed by atoms with van der Waals surface area (Å²) in [6.45, 7) is 0. The van der Waals surface area contributed by atoms with E-state index in [0.717, 1.165) is 28.8 Å². The van der Waals surface area contributed by atoms with Gasteiger partial charge in [0.1, 0.15) is 5.82 Å². The molecule has 26 heavy (non-hydrogen) atoms. The van der Waals surface area contributed by atoms with E-state index in [1.54, 1.807) is 11.3 Å². The minimum atomic E-state index is -0.0598. The van der Waals surface area contributed by atoms with Gasteiger partial charge in [-0.3, -0.25) is 4.79 Å². The fraction of sp³-hybridized carbons (Fsp3) is 0.278. The van der Waals surface area contributed by atoms with Gasteiger partial charge in [0, 0.05) is 43.8 Å². The van der Waals surface area contributed by atoms with Gasteiger partial charge in [0.05, 0.1) is 5.75 Å². The van der Waals surface area contributed by atoms with Crippen molar-refractivity contribution < 1.29 is 4.79 Å². The summed E-state index contributed by atoms with van der Waals surface area (Å²) in [5.41, 5.74) is 1.88. The second-order valence-electron chi connectivity index (χ2n) is 5.99. The maximum Gasteiger partial charge on any atom is 0.234 e. The van der Waals surface area contributed by atoms with Crippen LogP contribution >= 0.6 is 23.1 Å². The molecule has 0 fully saturated rings. The highest BCUT2D eigenvalue weighted by molar-refractivity contribution is 7.99. The van der Waals surface area contributed by atoms with Crippen molar-refractivity contribution in [3.8, 4) is 0 Å². The van der Waals surface area contributed by atoms with Crippen LogP contribution in [0.15, 0.2) is 46.9 Å². The standard InChI is InChI=1S/C18H21N5OS2/c1-22(2)14-8-6-13(7-9-14)19-17(24)12-26-18-21-20-16(23(18)3)11-15-5-4-10-25-15/h4-10H,11-12H2,1-3H3,(H,19,24). The highest BCUT2D eigenvalue weighted by atomic mass is 32.2. The van der Waals surface area contributed by atoms with Crippen molar-refractivity contribution >= 4 is 40.4 Å². The molecule has 2 heterocycles. The number of hydrogen-bond acceptors (Lipinski definition) is 6. The molecule has 0 saturated heterocycles. The Balaban J connectivity index is 1.53. The monoisotopic (exact) mass is 387 g/mol. The minimum Gasteiger partial charge on any atom is -0.378 e. The molecule has 136 valence electrons. The molecule has 0 bridgehead atoms. The molecular formula is C18H21N5OS2. The molecule has 0 aliphatic rings. The third kappa shape index (κ3) is 4.64. The first-order valence-electron chi connectivity index (χ1n) is 8.13. The average molecular weight is 388 g/mol. The number of benzene rings is 1. The lowest BCUT2D eigenvalue weighted by atomic mass is 10.2. The fourth-order valence-electron chi connectivity index (χ4n) is 2.36. The van der Waals surface area contributed by atoms with Gasteiger partial charge in [-0.05, 0) is 35.7 Å². The van der Waals surface area contributed by atoms with E-state index in [9.17, 15) is 4.79 Å². The lowest BCUT2D eigenvalue weighted by Crippen LogP contribution is -2.15. The van der Waals surface area contributed by atoms with E-state index < -0.39 is 0 Å². The number of thioether (sulfide) groups is 1. The predicted molar refractivity (Wildman–Crippen MR) is 108 cm³/mol. The molecule has 1 amide bonds. The average Bonchev–Trinajstić information content (AvgIpc) is 3.25. The molecule has 0 saturated carbocycles. The molecule has 0 radical (unpaired) electrons. The summed E-state index contributed by atoms with van der Waals surface area (Å²) < 4.78 is 1.95. The maximum atomic E-state index is 12.2. The molecule has 3 aromatic rings. The molecule has 1 N–H and O–H groups in total. The predicted octanol–water partition coefficient (Wildman–Crippen LogP) is 3.26. The Morgan fingerprint density at radius 1 is 1.23 bits per heavy atom. The molecule has 3 rings (SSSR count). The lowest BCUT2D eigenvalue weighted by Gasteiger charge is -2.13. The first-order chi connectivity index (χ1) is 12.5. The summed E-state index contributed by atoms with van der Waals surface area (Å²) >= 11 is 3.09. The van der Waals surface area contributed by atoms with Gasteiger partial charge in [-0.1, -0.05) is 17.8 Å². The van der Waals surface area contributed by atoms with Gasteiger partial charge in [0.15, 0.2) is 5.16 Å². The Kier molecular flexibility index (Phi) is 5.95. The number of carbonyl (C=O) groups excluding carboxylic acids is 1. The summed E-state index contributed by atoms with van der Waals surface area (Å²) in [6.07, 6.45) is 0.756. The van der Waals surface area contributed by atoms with E-state index in [4.69, 9.17) is 0 Å². The van der Waals surface area contributed by atoms with Crippen LogP contribution in [0, 0.1) is 0 Å². The zero-order chi connectivity index (χ0) is 18.5. The minimum absolute atomic E-state index is 0.0598. The highest BCUT2D eigenvalue weighted by Gasteiger charge is 2.12. The van der Waals surface area contributed by atoms with E-state index in [2.05, 4.69) is 27.0 Å². The third-order valence-electron chi connectivity index (χ3n) is 3.84. The Morgan fingerprint density at radius 2 is 2.00 bits per heavy atom. The molecule has 0 aliphatic heterocycles. The number of nitrogens with zero attached hydrogens (tertiary/aromatic N) is 4. The number of thiophene rings is 1. The first-order valence-corrected chi connectivity index (χ1v) is 10.00. The second kappa shape index (κ2) is 8.37. The maximum absolute atomic E-state index is 12.2. The van der Waals surface area contributed by atoms with Crippen molar-refractivity contribution in [2.24, 2.45) is 7.05 Å². The topological polar surface area (TPSA) is 63.1 Å². The van der Waals surface area contributed by atoms with Gasteiger partial charge in [-0.2, -0.15) is 0 Å². The summed E-state index contributed by atoms with van der Waals surface area (Å²) in [7, 11) is 5.90. The van der Waals surface area contributed by atoms with Crippen LogP contribution in [-0.4, -0.2) is 40.5 Å². The van der Waals surface area contributed by atoms with Crippen LogP contribution in [0.4, 0.5) is 11.4 Å². The molecule has 0 aliphatic carbocycles. The Labute approximate surface area is 161 Å². The quantitative estimate of drug-likeness (QED) is 0.631. The summed E-state index contributed by atoms with van der Waals surface area (Å²) in [5, 5.41) is 14.1. The normalized spacial score (nSPS) is 10.7. The number of carbonyl (C=O) groups is 1. The van der Waals surface area contributed by atoms with E-state index in [1.807, 2.05) is 60.9 Å². The molecule has 0 unspecified atom stereocenters. The number of aromatic nitrogens is 3. The van der Waals surface area contributed by atoms with Gasteiger partial charge in [-0.25, -0.2) is 0 Å². The summed E-state index contributed by atoms with van der Waals surface area (Å²) in [5.74, 6) is 1.13. The Bertz CT molecular complexity index is 856. The number of rotatable bonds is 7. The SMILES string of the molecule is CN(C)c1ccc(NC(=O)CSc2nnc(Cc3cccs3)n2C)cc1. The molecule has 6 nitrogen and oxygen atoms in total. The number of nitrogens with one attached hydrogen (secondary N) is 1. The molecule has 2 aromatic heterocycles. The molecule has 8 heteroatoms. The molecule has 1 aromatic carbocycles. The number of hydrogen-bond donors (Lipinski definition) is 1. The third-order valence-corrected chi connectivity index (χ3v) is 5.73. The van der Waals surface area contributed by atoms with Gasteiger partial charge >= 0.3 is 0 Å². The van der Waals surface area contributed by atoms with E-state index in [0.29, 0.717) is 5.75 Å². The van der Waals surface area contributed by atoms with Crippen molar-refractivity contribution in [1.82, 2.24) is 14.8 Å². The van der Waals surface area contributed by atoms with Crippen LogP contribution in [0.1, 0.15) is 10.7 Å². The van der Waals surface area contributed by atoms with Crippen LogP contribution < -0.4 is 10.2 Å². The molecule has 0 spiro atoms.